The number of nitrogens with one attached hydrogen (secondary N) is 3. The summed E-state index contributed by atoms with van der Waals surface area (Å²) in [6.45, 7) is 4.23. The van der Waals surface area contributed by atoms with Crippen LogP contribution in [0.25, 0.3) is 0 Å². The van der Waals surface area contributed by atoms with Crippen LogP contribution in [0.15, 0.2) is 30.7 Å². The van der Waals surface area contributed by atoms with Gasteiger partial charge in [0, 0.05) is 44.0 Å². The van der Waals surface area contributed by atoms with Crippen LogP contribution < -0.4 is 10.2 Å². The first-order valence-electron chi connectivity index (χ1n) is 10.1. The molecule has 0 radical (unpaired) electrons. The largest absolute Gasteiger partial charge is 0.417 e. The average molecular weight is 459 g/mol. The summed E-state index contributed by atoms with van der Waals surface area (Å²) in [6.07, 6.45) is -0.683. The van der Waals surface area contributed by atoms with Crippen LogP contribution in [0.1, 0.15) is 34.1 Å². The summed E-state index contributed by atoms with van der Waals surface area (Å²) in [5.41, 5.74) is 0.387. The Bertz CT molecular complexity index is 1160. The number of nitriles is 1. The number of nitrogens with zero attached hydrogens (tertiary/aromatic N) is 6. The Hall–Kier alpha value is -3.92. The number of H-pyrrole nitrogens is 2. The van der Waals surface area contributed by atoms with E-state index in [-0.39, 0.29) is 23.1 Å². The van der Waals surface area contributed by atoms with Gasteiger partial charge in [0.15, 0.2) is 0 Å². The van der Waals surface area contributed by atoms with Gasteiger partial charge in [0.25, 0.3) is 5.91 Å². The highest BCUT2D eigenvalue weighted by Crippen LogP contribution is 2.30. The minimum Gasteiger partial charge on any atom is -0.351 e. The quantitative estimate of drug-likeness (QED) is 0.534. The maximum atomic E-state index is 12.8. The molecule has 1 aliphatic rings. The van der Waals surface area contributed by atoms with Crippen molar-refractivity contribution in [1.82, 2.24) is 30.3 Å². The zero-order valence-corrected chi connectivity index (χ0v) is 17.5. The molecule has 172 valence electrons. The van der Waals surface area contributed by atoms with E-state index in [2.05, 4.69) is 35.6 Å². The van der Waals surface area contributed by atoms with Crippen molar-refractivity contribution in [3.8, 4) is 6.07 Å². The van der Waals surface area contributed by atoms with Crippen molar-refractivity contribution >= 4 is 17.5 Å². The van der Waals surface area contributed by atoms with Crippen LogP contribution in [0, 0.1) is 11.3 Å². The van der Waals surface area contributed by atoms with Crippen molar-refractivity contribution in [1.29, 1.82) is 5.26 Å². The smallest absolute Gasteiger partial charge is 0.351 e. The second kappa shape index (κ2) is 8.91. The SMILES string of the molecule is C[C@@H]1CN(Cc2cn[nH]c2C(=O)Nc2[nH]ncc2C#N)CCN1c1ccc(C(F)(F)F)cn1. The number of halogens is 3. The maximum absolute atomic E-state index is 12.8. The Morgan fingerprint density at radius 2 is 2.03 bits per heavy atom. The van der Waals surface area contributed by atoms with E-state index in [1.807, 2.05) is 17.9 Å². The third-order valence-electron chi connectivity index (χ3n) is 5.42. The van der Waals surface area contributed by atoms with Gasteiger partial charge in [0.2, 0.25) is 0 Å². The van der Waals surface area contributed by atoms with Crippen molar-refractivity contribution in [2.75, 3.05) is 29.9 Å². The molecule has 0 spiro atoms. The van der Waals surface area contributed by atoms with Crippen molar-refractivity contribution in [3.63, 3.8) is 0 Å². The number of piperazine rings is 1. The molecule has 3 aromatic rings. The fourth-order valence-electron chi connectivity index (χ4n) is 3.75. The van der Waals surface area contributed by atoms with Crippen LogP contribution in [-0.4, -0.2) is 61.9 Å². The number of aromatic amines is 2. The minimum atomic E-state index is -4.42. The van der Waals surface area contributed by atoms with E-state index in [9.17, 15) is 18.0 Å². The summed E-state index contributed by atoms with van der Waals surface area (Å²) in [6, 6.07) is 4.35. The predicted molar refractivity (Wildman–Crippen MR) is 111 cm³/mol. The van der Waals surface area contributed by atoms with Gasteiger partial charge in [-0.2, -0.15) is 28.6 Å². The lowest BCUT2D eigenvalue weighted by atomic mass is 10.1. The van der Waals surface area contributed by atoms with Crippen LogP contribution >= 0.6 is 0 Å². The standard InChI is InChI=1S/C20H20F3N9O/c1-12-10-31(4-5-32(12)16-3-2-15(9-25-16)20(21,22)23)11-14-8-26-29-17(14)19(33)28-18-13(6-24)7-27-30-18/h2-3,7-9,12H,4-5,10-11H2,1H3,(H,26,29)(H2,27,28,30,33)/t12-/m1/s1. The fourth-order valence-corrected chi connectivity index (χ4v) is 3.75. The van der Waals surface area contributed by atoms with E-state index in [1.165, 1.54) is 12.3 Å². The lowest BCUT2D eigenvalue weighted by Crippen LogP contribution is -2.52. The monoisotopic (exact) mass is 459 g/mol. The van der Waals surface area contributed by atoms with Gasteiger partial charge in [-0.15, -0.1) is 0 Å². The van der Waals surface area contributed by atoms with Gasteiger partial charge in [0.1, 0.15) is 29.0 Å². The zero-order chi connectivity index (χ0) is 23.6. The lowest BCUT2D eigenvalue weighted by molar-refractivity contribution is -0.137. The molecule has 1 amide bonds. The van der Waals surface area contributed by atoms with Crippen LogP contribution in [-0.2, 0) is 12.7 Å². The van der Waals surface area contributed by atoms with Gasteiger partial charge in [-0.05, 0) is 19.1 Å². The van der Waals surface area contributed by atoms with Gasteiger partial charge in [-0.25, -0.2) is 4.98 Å². The summed E-state index contributed by atoms with van der Waals surface area (Å²) >= 11 is 0. The van der Waals surface area contributed by atoms with Gasteiger partial charge in [0.05, 0.1) is 18.0 Å². The van der Waals surface area contributed by atoms with E-state index in [1.54, 1.807) is 6.20 Å². The molecule has 3 aromatic heterocycles. The topological polar surface area (TPSA) is 130 Å². The maximum Gasteiger partial charge on any atom is 0.417 e. The van der Waals surface area contributed by atoms with Crippen LogP contribution in [0.4, 0.5) is 24.8 Å². The molecule has 0 bridgehead atoms. The Morgan fingerprint density at radius 1 is 1.24 bits per heavy atom. The molecule has 10 nitrogen and oxygen atoms in total. The van der Waals surface area contributed by atoms with Crippen molar-refractivity contribution in [2.24, 2.45) is 0 Å². The summed E-state index contributed by atoms with van der Waals surface area (Å²) < 4.78 is 38.4. The van der Waals surface area contributed by atoms with E-state index in [0.29, 0.717) is 37.6 Å². The summed E-state index contributed by atoms with van der Waals surface area (Å²) in [5.74, 6) is 0.240. The first kappa shape index (κ1) is 22.3. The van der Waals surface area contributed by atoms with Crippen LogP contribution in [0.3, 0.4) is 0 Å². The summed E-state index contributed by atoms with van der Waals surface area (Å²) in [4.78, 5) is 20.7. The number of carbonyl (C=O) groups excluding carboxylic acids is 1. The predicted octanol–water partition coefficient (Wildman–Crippen LogP) is 2.38. The van der Waals surface area contributed by atoms with E-state index >= 15 is 0 Å². The van der Waals surface area contributed by atoms with E-state index < -0.39 is 17.6 Å². The molecule has 4 heterocycles. The Balaban J connectivity index is 1.39. The van der Waals surface area contributed by atoms with Crippen molar-refractivity contribution < 1.29 is 18.0 Å². The van der Waals surface area contributed by atoms with Crippen LogP contribution in [0.2, 0.25) is 0 Å². The second-order valence-electron chi connectivity index (χ2n) is 7.68. The third-order valence-corrected chi connectivity index (χ3v) is 5.42. The molecule has 0 saturated carbocycles. The van der Waals surface area contributed by atoms with Gasteiger partial charge < -0.3 is 10.2 Å². The van der Waals surface area contributed by atoms with Crippen LogP contribution in [0.5, 0.6) is 0 Å². The Labute approximate surface area is 186 Å². The highest BCUT2D eigenvalue weighted by Gasteiger charge is 2.32. The normalized spacial score (nSPS) is 17.1. The molecule has 13 heteroatoms. The highest BCUT2D eigenvalue weighted by molar-refractivity contribution is 6.03. The number of aromatic nitrogens is 5. The number of alkyl halides is 3. The molecule has 1 saturated heterocycles. The third kappa shape index (κ3) is 4.80. The molecule has 1 aliphatic heterocycles. The molecular weight excluding hydrogens is 439 g/mol. The van der Waals surface area contributed by atoms with E-state index in [0.717, 1.165) is 12.3 Å². The molecular formula is C20H20F3N9O. The highest BCUT2D eigenvalue weighted by atomic mass is 19.4. The number of pyridine rings is 1. The first-order chi connectivity index (χ1) is 15.8. The average Bonchev–Trinajstić information content (AvgIpc) is 3.42. The minimum absolute atomic E-state index is 0.00431. The van der Waals surface area contributed by atoms with Gasteiger partial charge >= 0.3 is 6.18 Å². The molecule has 4 rings (SSSR count). The van der Waals surface area contributed by atoms with Crippen molar-refractivity contribution in [3.05, 3.63) is 53.1 Å². The number of rotatable bonds is 5. The van der Waals surface area contributed by atoms with Crippen molar-refractivity contribution in [2.45, 2.75) is 25.7 Å². The molecule has 1 fully saturated rings. The molecule has 0 aliphatic carbocycles. The number of amides is 1. The van der Waals surface area contributed by atoms with Gasteiger partial charge in [-0.1, -0.05) is 0 Å². The number of hydrogen-bond donors (Lipinski definition) is 3. The molecule has 0 aromatic carbocycles. The molecule has 3 N–H and O–H groups in total. The Morgan fingerprint density at radius 3 is 2.70 bits per heavy atom. The molecule has 1 atom stereocenters. The lowest BCUT2D eigenvalue weighted by Gasteiger charge is -2.40. The zero-order valence-electron chi connectivity index (χ0n) is 17.5. The summed E-state index contributed by atoms with van der Waals surface area (Å²) in [5, 5.41) is 24.6. The Kier molecular flexibility index (Phi) is 6.01. The fraction of sp³-hybridized carbons (Fsp3) is 0.350. The number of carbonyl (C=O) groups is 1. The second-order valence-corrected chi connectivity index (χ2v) is 7.68. The van der Waals surface area contributed by atoms with E-state index in [4.69, 9.17) is 5.26 Å². The first-order valence-corrected chi connectivity index (χ1v) is 10.1. The number of anilines is 2. The molecule has 33 heavy (non-hydrogen) atoms. The molecule has 0 unspecified atom stereocenters. The number of hydrogen-bond acceptors (Lipinski definition) is 7. The summed E-state index contributed by atoms with van der Waals surface area (Å²) in [7, 11) is 0. The van der Waals surface area contributed by atoms with Gasteiger partial charge in [-0.3, -0.25) is 19.9 Å².